The molecule has 0 saturated carbocycles. The van der Waals surface area contributed by atoms with E-state index in [9.17, 15) is 4.79 Å². The average Bonchev–Trinajstić information content (AvgIpc) is 3.11. The minimum Gasteiger partial charge on any atom is -0.357 e. The lowest BCUT2D eigenvalue weighted by molar-refractivity contribution is -0.120. The fourth-order valence-electron chi connectivity index (χ4n) is 4.21. The molecule has 1 amide bonds. The van der Waals surface area contributed by atoms with E-state index in [1.54, 1.807) is 10.9 Å². The molecule has 1 aromatic rings. The van der Waals surface area contributed by atoms with Gasteiger partial charge in [0.15, 0.2) is 5.96 Å². The minimum atomic E-state index is 0.0108. The van der Waals surface area contributed by atoms with Gasteiger partial charge in [0.2, 0.25) is 5.91 Å². The summed E-state index contributed by atoms with van der Waals surface area (Å²) in [6.45, 7) is 14.5. The number of aliphatic imine (C=N–C) groups is 1. The molecule has 29 heavy (non-hydrogen) atoms. The highest BCUT2D eigenvalue weighted by atomic mass is 16.2. The molecule has 0 aromatic carbocycles. The molecular formula is C21H37N7O. The molecule has 0 aliphatic carbocycles. The lowest BCUT2D eigenvalue weighted by Gasteiger charge is -2.42. The van der Waals surface area contributed by atoms with Crippen LogP contribution in [0.3, 0.4) is 0 Å². The summed E-state index contributed by atoms with van der Waals surface area (Å²) in [5, 5.41) is 7.57. The van der Waals surface area contributed by atoms with E-state index in [1.165, 1.54) is 12.8 Å². The standard InChI is InChI=1S/C21H37N7O/c1-6-22-20(23-16-21(3,4)27-9-7-8-17(2)13-27)26-10-11-28(19(29)15-26)18-12-24-25(5)14-18/h12,14,17H,6-11,13,15-16H2,1-5H3,(H,22,23). The van der Waals surface area contributed by atoms with E-state index in [2.05, 4.69) is 47.9 Å². The van der Waals surface area contributed by atoms with Gasteiger partial charge in [0.1, 0.15) is 6.54 Å². The smallest absolute Gasteiger partial charge is 0.246 e. The zero-order chi connectivity index (χ0) is 21.0. The molecule has 0 spiro atoms. The molecule has 1 atom stereocenters. The highest BCUT2D eigenvalue weighted by Gasteiger charge is 2.31. The van der Waals surface area contributed by atoms with Gasteiger partial charge < -0.3 is 15.1 Å². The fraction of sp³-hybridized carbons (Fsp3) is 0.762. The second-order valence-corrected chi connectivity index (χ2v) is 9.02. The van der Waals surface area contributed by atoms with Crippen molar-refractivity contribution in [1.29, 1.82) is 0 Å². The molecular weight excluding hydrogens is 366 g/mol. The summed E-state index contributed by atoms with van der Waals surface area (Å²) >= 11 is 0. The summed E-state index contributed by atoms with van der Waals surface area (Å²) in [4.78, 5) is 24.2. The number of carbonyl (C=O) groups is 1. The first-order valence-electron chi connectivity index (χ1n) is 10.9. The third-order valence-electron chi connectivity index (χ3n) is 5.99. The molecule has 1 N–H and O–H groups in total. The number of nitrogens with one attached hydrogen (secondary N) is 1. The molecule has 2 saturated heterocycles. The number of amides is 1. The number of piperazine rings is 1. The molecule has 8 nitrogen and oxygen atoms in total. The monoisotopic (exact) mass is 403 g/mol. The molecule has 0 bridgehead atoms. The molecule has 3 heterocycles. The fourth-order valence-corrected chi connectivity index (χ4v) is 4.21. The Balaban J connectivity index is 1.65. The quantitative estimate of drug-likeness (QED) is 0.597. The number of rotatable bonds is 5. The largest absolute Gasteiger partial charge is 0.357 e. The number of piperidine rings is 1. The maximum absolute atomic E-state index is 12.8. The van der Waals surface area contributed by atoms with Crippen LogP contribution < -0.4 is 10.2 Å². The molecule has 162 valence electrons. The normalized spacial score (nSPS) is 22.3. The van der Waals surface area contributed by atoms with Crippen molar-refractivity contribution in [2.45, 2.75) is 46.1 Å². The zero-order valence-corrected chi connectivity index (χ0v) is 18.7. The number of carbonyl (C=O) groups excluding carboxylic acids is 1. The SMILES string of the molecule is CCNC(=NCC(C)(C)N1CCCC(C)C1)N1CCN(c2cnn(C)c2)C(=O)C1. The van der Waals surface area contributed by atoms with Crippen LogP contribution in [-0.4, -0.2) is 82.8 Å². The maximum Gasteiger partial charge on any atom is 0.246 e. The van der Waals surface area contributed by atoms with Crippen molar-refractivity contribution in [3.63, 3.8) is 0 Å². The van der Waals surface area contributed by atoms with Crippen molar-refractivity contribution in [2.75, 3.05) is 50.7 Å². The van der Waals surface area contributed by atoms with Gasteiger partial charge >= 0.3 is 0 Å². The van der Waals surface area contributed by atoms with Gasteiger partial charge in [-0.3, -0.25) is 19.4 Å². The summed E-state index contributed by atoms with van der Waals surface area (Å²) < 4.78 is 1.73. The Kier molecular flexibility index (Phi) is 6.82. The first kappa shape index (κ1) is 21.6. The Morgan fingerprint density at radius 2 is 2.14 bits per heavy atom. The van der Waals surface area contributed by atoms with Crippen molar-refractivity contribution < 1.29 is 4.79 Å². The molecule has 1 unspecified atom stereocenters. The summed E-state index contributed by atoms with van der Waals surface area (Å²) in [6, 6.07) is 0. The molecule has 8 heteroatoms. The lowest BCUT2D eigenvalue weighted by Crippen LogP contribution is -2.56. The van der Waals surface area contributed by atoms with E-state index in [0.717, 1.165) is 50.3 Å². The van der Waals surface area contributed by atoms with Crippen LogP contribution >= 0.6 is 0 Å². The second kappa shape index (κ2) is 9.15. The van der Waals surface area contributed by atoms with E-state index in [4.69, 9.17) is 4.99 Å². The van der Waals surface area contributed by atoms with E-state index < -0.39 is 0 Å². The highest BCUT2D eigenvalue weighted by Crippen LogP contribution is 2.24. The predicted molar refractivity (Wildman–Crippen MR) is 117 cm³/mol. The van der Waals surface area contributed by atoms with Crippen LogP contribution in [-0.2, 0) is 11.8 Å². The summed E-state index contributed by atoms with van der Waals surface area (Å²) in [6.07, 6.45) is 6.21. The minimum absolute atomic E-state index is 0.0108. The Labute approximate surface area is 174 Å². The van der Waals surface area contributed by atoms with Crippen LogP contribution in [0.15, 0.2) is 17.4 Å². The maximum atomic E-state index is 12.8. The van der Waals surface area contributed by atoms with Crippen molar-refractivity contribution in [3.8, 4) is 0 Å². The van der Waals surface area contributed by atoms with Gasteiger partial charge in [0.25, 0.3) is 0 Å². The van der Waals surface area contributed by atoms with Gasteiger partial charge in [-0.2, -0.15) is 5.10 Å². The van der Waals surface area contributed by atoms with Crippen molar-refractivity contribution >= 4 is 17.6 Å². The first-order chi connectivity index (χ1) is 13.8. The second-order valence-electron chi connectivity index (χ2n) is 9.02. The van der Waals surface area contributed by atoms with Gasteiger partial charge in [0.05, 0.1) is 18.4 Å². The number of nitrogens with zero attached hydrogens (tertiary/aromatic N) is 6. The Hall–Kier alpha value is -2.09. The van der Waals surface area contributed by atoms with Crippen LogP contribution in [0.2, 0.25) is 0 Å². The Morgan fingerprint density at radius 1 is 1.34 bits per heavy atom. The number of hydrogen-bond acceptors (Lipinski definition) is 4. The number of anilines is 1. The van der Waals surface area contributed by atoms with Crippen LogP contribution in [0.4, 0.5) is 5.69 Å². The molecule has 2 aliphatic heterocycles. The van der Waals surface area contributed by atoms with E-state index in [1.807, 2.05) is 18.1 Å². The van der Waals surface area contributed by atoms with Gasteiger partial charge in [-0.05, 0) is 46.1 Å². The van der Waals surface area contributed by atoms with Crippen molar-refractivity contribution in [2.24, 2.45) is 18.0 Å². The number of likely N-dealkylation sites (tertiary alicyclic amines) is 1. The average molecular weight is 404 g/mol. The number of hydrogen-bond donors (Lipinski definition) is 1. The molecule has 0 radical (unpaired) electrons. The van der Waals surface area contributed by atoms with Crippen LogP contribution in [0.5, 0.6) is 0 Å². The molecule has 1 aromatic heterocycles. The predicted octanol–water partition coefficient (Wildman–Crippen LogP) is 1.54. The third kappa shape index (κ3) is 5.29. The summed E-state index contributed by atoms with van der Waals surface area (Å²) in [5.74, 6) is 1.67. The van der Waals surface area contributed by atoms with Crippen LogP contribution in [0.1, 0.15) is 40.5 Å². The van der Waals surface area contributed by atoms with Gasteiger partial charge in [-0.25, -0.2) is 0 Å². The van der Waals surface area contributed by atoms with Crippen molar-refractivity contribution in [3.05, 3.63) is 12.4 Å². The van der Waals surface area contributed by atoms with Gasteiger partial charge in [-0.15, -0.1) is 0 Å². The van der Waals surface area contributed by atoms with Gasteiger partial charge in [-0.1, -0.05) is 6.92 Å². The topological polar surface area (TPSA) is 69.0 Å². The molecule has 3 rings (SSSR count). The molecule has 2 fully saturated rings. The number of guanidine groups is 1. The summed E-state index contributed by atoms with van der Waals surface area (Å²) in [7, 11) is 1.87. The zero-order valence-electron chi connectivity index (χ0n) is 18.7. The van der Waals surface area contributed by atoms with E-state index >= 15 is 0 Å². The summed E-state index contributed by atoms with van der Waals surface area (Å²) in [5.41, 5.74) is 0.871. The van der Waals surface area contributed by atoms with Gasteiger partial charge in [0, 0.05) is 45.0 Å². The number of aryl methyl sites for hydroxylation is 1. The van der Waals surface area contributed by atoms with Crippen LogP contribution in [0.25, 0.3) is 0 Å². The van der Waals surface area contributed by atoms with Crippen LogP contribution in [0, 0.1) is 5.92 Å². The number of aromatic nitrogens is 2. The third-order valence-corrected chi connectivity index (χ3v) is 5.99. The Morgan fingerprint density at radius 3 is 2.76 bits per heavy atom. The lowest BCUT2D eigenvalue weighted by atomic mass is 9.94. The Bertz CT molecular complexity index is 726. The van der Waals surface area contributed by atoms with E-state index in [-0.39, 0.29) is 11.4 Å². The van der Waals surface area contributed by atoms with E-state index in [0.29, 0.717) is 13.1 Å². The first-order valence-corrected chi connectivity index (χ1v) is 10.9. The van der Waals surface area contributed by atoms with Crippen molar-refractivity contribution in [1.82, 2.24) is 24.9 Å². The highest BCUT2D eigenvalue weighted by molar-refractivity contribution is 5.98. The molecule has 2 aliphatic rings.